The second-order valence-electron chi connectivity index (χ2n) is 5.82. The zero-order chi connectivity index (χ0) is 16.0. The molecule has 0 fully saturated rings. The van der Waals surface area contributed by atoms with Gasteiger partial charge in [-0.15, -0.1) is 0 Å². The monoisotopic (exact) mass is 317 g/mol. The fourth-order valence-electron chi connectivity index (χ4n) is 1.71. The van der Waals surface area contributed by atoms with Gasteiger partial charge >= 0.3 is 6.61 Å². The van der Waals surface area contributed by atoms with Gasteiger partial charge in [0.25, 0.3) is 0 Å². The molecule has 0 atom stereocenters. The van der Waals surface area contributed by atoms with Crippen LogP contribution in [0.25, 0.3) is 6.08 Å². The highest BCUT2D eigenvalue weighted by atomic mass is 35.5. The zero-order valence-corrected chi connectivity index (χ0v) is 13.6. The van der Waals surface area contributed by atoms with Crippen molar-refractivity contribution in [3.05, 3.63) is 34.4 Å². The molecule has 1 rings (SSSR count). The Labute approximate surface area is 130 Å². The van der Waals surface area contributed by atoms with Gasteiger partial charge in [-0.1, -0.05) is 30.2 Å². The van der Waals surface area contributed by atoms with Gasteiger partial charge in [-0.05, 0) is 45.4 Å². The van der Waals surface area contributed by atoms with E-state index < -0.39 is 6.61 Å². The summed E-state index contributed by atoms with van der Waals surface area (Å²) in [4.78, 5) is 0. The van der Waals surface area contributed by atoms with Crippen molar-refractivity contribution in [3.8, 4) is 5.75 Å². The molecule has 0 aliphatic heterocycles. The molecule has 0 spiro atoms. The first-order chi connectivity index (χ1) is 9.71. The number of rotatable bonds is 6. The van der Waals surface area contributed by atoms with Gasteiger partial charge in [-0.2, -0.15) is 8.78 Å². The van der Waals surface area contributed by atoms with Crippen LogP contribution < -0.4 is 10.1 Å². The van der Waals surface area contributed by atoms with Crippen molar-refractivity contribution in [1.29, 1.82) is 0 Å². The molecular formula is C16H22ClF2NO. The topological polar surface area (TPSA) is 21.3 Å². The van der Waals surface area contributed by atoms with E-state index in [9.17, 15) is 8.78 Å². The third-order valence-corrected chi connectivity index (χ3v) is 3.08. The predicted octanol–water partition coefficient (Wildman–Crippen LogP) is 5.12. The van der Waals surface area contributed by atoms with Gasteiger partial charge in [0.2, 0.25) is 0 Å². The minimum Gasteiger partial charge on any atom is -0.434 e. The quantitative estimate of drug-likeness (QED) is 0.786. The summed E-state index contributed by atoms with van der Waals surface area (Å²) in [6.45, 7) is 6.08. The van der Waals surface area contributed by atoms with E-state index in [1.807, 2.05) is 13.0 Å². The van der Waals surface area contributed by atoms with Crippen molar-refractivity contribution in [2.24, 2.45) is 0 Å². The summed E-state index contributed by atoms with van der Waals surface area (Å²) >= 11 is 5.94. The third kappa shape index (κ3) is 6.91. The lowest BCUT2D eigenvalue weighted by atomic mass is 10.0. The largest absolute Gasteiger partial charge is 0.434 e. The van der Waals surface area contributed by atoms with Crippen molar-refractivity contribution in [1.82, 2.24) is 5.32 Å². The Morgan fingerprint density at radius 1 is 1.38 bits per heavy atom. The van der Waals surface area contributed by atoms with Gasteiger partial charge in [0.15, 0.2) is 0 Å². The molecule has 0 saturated carbocycles. The van der Waals surface area contributed by atoms with Crippen molar-refractivity contribution in [2.45, 2.75) is 46.3 Å². The number of halogens is 3. The Kier molecular flexibility index (Phi) is 6.62. The highest BCUT2D eigenvalue weighted by Crippen LogP contribution is 2.27. The summed E-state index contributed by atoms with van der Waals surface area (Å²) in [5, 5.41) is 3.87. The van der Waals surface area contributed by atoms with E-state index in [1.54, 1.807) is 6.07 Å². The molecule has 118 valence electrons. The van der Waals surface area contributed by atoms with Crippen LogP contribution in [0.2, 0.25) is 5.02 Å². The summed E-state index contributed by atoms with van der Waals surface area (Å²) in [5.74, 6) is 0.135. The summed E-state index contributed by atoms with van der Waals surface area (Å²) in [5.41, 5.74) is 1.65. The van der Waals surface area contributed by atoms with Crippen LogP contribution in [-0.2, 0) is 0 Å². The van der Waals surface area contributed by atoms with E-state index in [4.69, 9.17) is 11.6 Å². The second-order valence-corrected chi connectivity index (χ2v) is 6.26. The van der Waals surface area contributed by atoms with Gasteiger partial charge in [-0.25, -0.2) is 0 Å². The van der Waals surface area contributed by atoms with Crippen LogP contribution in [0.1, 0.15) is 39.7 Å². The first-order valence-corrected chi connectivity index (χ1v) is 7.28. The first-order valence-electron chi connectivity index (χ1n) is 6.90. The zero-order valence-electron chi connectivity index (χ0n) is 12.8. The lowest BCUT2D eigenvalue weighted by Crippen LogP contribution is -2.36. The maximum atomic E-state index is 12.4. The van der Waals surface area contributed by atoms with Gasteiger partial charge < -0.3 is 10.1 Å². The molecule has 0 bridgehead atoms. The van der Waals surface area contributed by atoms with Crippen molar-refractivity contribution >= 4 is 17.7 Å². The van der Waals surface area contributed by atoms with E-state index in [1.165, 1.54) is 12.1 Å². The number of alkyl halides is 2. The number of nitrogens with one attached hydrogen (secondary N) is 1. The Morgan fingerprint density at radius 2 is 2.05 bits per heavy atom. The molecule has 0 amide bonds. The molecule has 0 heterocycles. The maximum Gasteiger partial charge on any atom is 0.387 e. The van der Waals surface area contributed by atoms with E-state index in [-0.39, 0.29) is 11.3 Å². The molecule has 1 N–H and O–H groups in total. The molecule has 0 aliphatic rings. The van der Waals surface area contributed by atoms with Gasteiger partial charge in [0.1, 0.15) is 5.75 Å². The lowest BCUT2D eigenvalue weighted by molar-refractivity contribution is -0.0499. The molecule has 0 aliphatic carbocycles. The molecule has 2 nitrogen and oxygen atoms in total. The average molecular weight is 318 g/mol. The van der Waals surface area contributed by atoms with Crippen LogP contribution in [0.5, 0.6) is 5.75 Å². The molecule has 0 saturated heterocycles. The Bertz CT molecular complexity index is 496. The van der Waals surface area contributed by atoms with Crippen molar-refractivity contribution < 1.29 is 13.5 Å². The molecule has 5 heteroatoms. The van der Waals surface area contributed by atoms with Crippen LogP contribution in [0, 0.1) is 0 Å². The summed E-state index contributed by atoms with van der Waals surface area (Å²) in [6, 6.07) is 4.63. The molecule has 0 radical (unpaired) electrons. The number of hydrogen-bond acceptors (Lipinski definition) is 2. The molecule has 0 unspecified atom stereocenters. The summed E-state index contributed by atoms with van der Waals surface area (Å²) in [6.07, 6.45) is 2.66. The molecule has 1 aromatic carbocycles. The van der Waals surface area contributed by atoms with Crippen LogP contribution in [0.3, 0.4) is 0 Å². The van der Waals surface area contributed by atoms with Crippen molar-refractivity contribution in [3.63, 3.8) is 0 Å². The van der Waals surface area contributed by atoms with Crippen LogP contribution in [-0.4, -0.2) is 18.7 Å². The van der Waals surface area contributed by atoms with Crippen molar-refractivity contribution in [2.75, 3.05) is 6.54 Å². The van der Waals surface area contributed by atoms with Gasteiger partial charge in [0.05, 0.1) is 0 Å². The van der Waals surface area contributed by atoms with E-state index in [2.05, 4.69) is 30.8 Å². The van der Waals surface area contributed by atoms with E-state index in [0.717, 1.165) is 12.0 Å². The van der Waals surface area contributed by atoms with Gasteiger partial charge in [-0.3, -0.25) is 0 Å². The van der Waals surface area contributed by atoms with Crippen LogP contribution in [0.4, 0.5) is 8.78 Å². The Balaban J connectivity index is 3.00. The highest BCUT2D eigenvalue weighted by Gasteiger charge is 2.11. The number of ether oxygens (including phenoxy) is 1. The minimum atomic E-state index is -2.85. The van der Waals surface area contributed by atoms with Crippen LogP contribution in [0.15, 0.2) is 23.8 Å². The standard InChI is InChI=1S/C16H22ClF2NO/c1-5-11(10-20-16(2,3)4)8-12-9-13(17)6-7-14(12)21-15(18)19/h6-9,15,20H,5,10H2,1-4H3. The van der Waals surface area contributed by atoms with Crippen LogP contribution >= 0.6 is 11.6 Å². The summed E-state index contributed by atoms with van der Waals surface area (Å²) < 4.78 is 29.4. The Morgan fingerprint density at radius 3 is 2.57 bits per heavy atom. The van der Waals surface area contributed by atoms with E-state index >= 15 is 0 Å². The number of hydrogen-bond donors (Lipinski definition) is 1. The molecular weight excluding hydrogens is 296 g/mol. The lowest BCUT2D eigenvalue weighted by Gasteiger charge is -2.21. The second kappa shape index (κ2) is 7.76. The van der Waals surface area contributed by atoms with Gasteiger partial charge in [0, 0.05) is 22.7 Å². The predicted molar refractivity (Wildman–Crippen MR) is 84.1 cm³/mol. The average Bonchev–Trinajstić information content (AvgIpc) is 2.36. The normalized spacial score (nSPS) is 12.9. The molecule has 21 heavy (non-hydrogen) atoms. The maximum absolute atomic E-state index is 12.4. The SMILES string of the molecule is CCC(=Cc1cc(Cl)ccc1OC(F)F)CNC(C)(C)C. The smallest absolute Gasteiger partial charge is 0.387 e. The summed E-state index contributed by atoms with van der Waals surface area (Å²) in [7, 11) is 0. The molecule has 1 aromatic rings. The number of benzene rings is 1. The van der Waals surface area contributed by atoms with E-state index in [0.29, 0.717) is 17.1 Å². The molecule has 0 aromatic heterocycles. The third-order valence-electron chi connectivity index (χ3n) is 2.85. The Hall–Kier alpha value is -1.13. The fraction of sp³-hybridized carbons (Fsp3) is 0.500. The first kappa shape index (κ1) is 17.9. The fourth-order valence-corrected chi connectivity index (χ4v) is 1.89. The minimum absolute atomic E-state index is 0.00903. The highest BCUT2D eigenvalue weighted by molar-refractivity contribution is 6.30.